The molecule has 3 rings (SSSR count). The van der Waals surface area contributed by atoms with Gasteiger partial charge in [0.05, 0.1) is 0 Å². The van der Waals surface area contributed by atoms with Crippen LogP contribution in [0.15, 0.2) is 57.7 Å². The van der Waals surface area contributed by atoms with Crippen LogP contribution in [0.5, 0.6) is 0 Å². The van der Waals surface area contributed by atoms with Crippen molar-refractivity contribution in [2.45, 2.75) is 32.7 Å². The highest BCUT2D eigenvalue weighted by molar-refractivity contribution is 5.80. The molecule has 3 aromatic rings. The van der Waals surface area contributed by atoms with Crippen molar-refractivity contribution < 1.29 is 23.1 Å². The van der Waals surface area contributed by atoms with Crippen molar-refractivity contribution in [1.82, 2.24) is 15.1 Å². The fourth-order valence-electron chi connectivity index (χ4n) is 2.90. The lowest BCUT2D eigenvalue weighted by atomic mass is 10.0. The third-order valence-corrected chi connectivity index (χ3v) is 4.72. The van der Waals surface area contributed by atoms with Gasteiger partial charge in [0.15, 0.2) is 6.61 Å². The molecule has 2 aromatic carbocycles. The molecule has 0 radical (unpaired) electrons. The van der Waals surface area contributed by atoms with Crippen LogP contribution in [0.3, 0.4) is 0 Å². The summed E-state index contributed by atoms with van der Waals surface area (Å²) in [5.74, 6) is -2.17. The van der Waals surface area contributed by atoms with Gasteiger partial charge in [0.2, 0.25) is 5.89 Å². The Morgan fingerprint density at radius 2 is 1.81 bits per heavy atom. The van der Waals surface area contributed by atoms with Crippen molar-refractivity contribution in [1.29, 1.82) is 0 Å². The van der Waals surface area contributed by atoms with Gasteiger partial charge in [-0.1, -0.05) is 38.1 Å². The Kier molecular flexibility index (Phi) is 7.54. The number of esters is 1. The standard InChI is InChI=1S/C23H24FN3O5/c1-15(2)17-5-3-16(4-6-17)11-12-25-20(28)14-31-21(29)13-27-23(30)32-22(26-27)18-7-9-19(24)10-8-18/h3-10,15H,11-14H2,1-2H3,(H,25,28). The summed E-state index contributed by atoms with van der Waals surface area (Å²) < 4.78 is 23.6. The third-order valence-electron chi connectivity index (χ3n) is 4.72. The van der Waals surface area contributed by atoms with Gasteiger partial charge in [-0.2, -0.15) is 4.68 Å². The second-order valence-corrected chi connectivity index (χ2v) is 7.49. The number of carbonyl (C=O) groups excluding carboxylic acids is 2. The zero-order valence-electron chi connectivity index (χ0n) is 17.8. The smallest absolute Gasteiger partial charge is 0.437 e. The fourth-order valence-corrected chi connectivity index (χ4v) is 2.90. The Morgan fingerprint density at radius 3 is 2.47 bits per heavy atom. The van der Waals surface area contributed by atoms with Crippen LogP contribution in [-0.2, 0) is 27.3 Å². The minimum Gasteiger partial charge on any atom is -0.454 e. The summed E-state index contributed by atoms with van der Waals surface area (Å²) in [4.78, 5) is 35.7. The minimum absolute atomic E-state index is 0.0537. The normalized spacial score (nSPS) is 10.9. The molecule has 1 amide bonds. The Labute approximate surface area is 184 Å². The number of ether oxygens (including phenoxy) is 1. The molecule has 1 aromatic heterocycles. The topological polar surface area (TPSA) is 103 Å². The number of amides is 1. The first-order valence-electron chi connectivity index (χ1n) is 10.2. The first-order chi connectivity index (χ1) is 15.3. The van der Waals surface area contributed by atoms with Gasteiger partial charge in [-0.25, -0.2) is 9.18 Å². The van der Waals surface area contributed by atoms with Crippen molar-refractivity contribution in [3.05, 3.63) is 76.0 Å². The second kappa shape index (κ2) is 10.5. The molecule has 0 saturated heterocycles. The molecular weight excluding hydrogens is 417 g/mol. The van der Waals surface area contributed by atoms with Crippen LogP contribution in [0.2, 0.25) is 0 Å². The molecular formula is C23H24FN3O5. The molecule has 8 nitrogen and oxygen atoms in total. The van der Waals surface area contributed by atoms with Crippen molar-refractivity contribution in [2.75, 3.05) is 13.2 Å². The SMILES string of the molecule is CC(C)c1ccc(CCNC(=O)COC(=O)Cn2nc(-c3ccc(F)cc3)oc2=O)cc1. The molecule has 0 atom stereocenters. The summed E-state index contributed by atoms with van der Waals surface area (Å²) in [6, 6.07) is 13.4. The molecule has 32 heavy (non-hydrogen) atoms. The molecule has 0 unspecified atom stereocenters. The molecule has 0 aliphatic carbocycles. The van der Waals surface area contributed by atoms with Crippen LogP contribution in [-0.4, -0.2) is 34.8 Å². The number of rotatable bonds is 9. The van der Waals surface area contributed by atoms with Crippen molar-refractivity contribution >= 4 is 11.9 Å². The van der Waals surface area contributed by atoms with Crippen LogP contribution in [0, 0.1) is 5.82 Å². The molecule has 0 aliphatic heterocycles. The number of hydrogen-bond donors (Lipinski definition) is 1. The summed E-state index contributed by atoms with van der Waals surface area (Å²) in [6.07, 6.45) is 0.651. The predicted octanol–water partition coefficient (Wildman–Crippen LogP) is 2.67. The van der Waals surface area contributed by atoms with E-state index in [0.29, 0.717) is 24.4 Å². The molecule has 1 N–H and O–H groups in total. The maximum Gasteiger partial charge on any atom is 0.437 e. The van der Waals surface area contributed by atoms with Gasteiger partial charge in [-0.3, -0.25) is 9.59 Å². The maximum atomic E-state index is 13.0. The van der Waals surface area contributed by atoms with Gasteiger partial charge >= 0.3 is 11.7 Å². The first kappa shape index (κ1) is 22.9. The van der Waals surface area contributed by atoms with E-state index in [1.165, 1.54) is 29.8 Å². The zero-order chi connectivity index (χ0) is 23.1. The quantitative estimate of drug-likeness (QED) is 0.512. The van der Waals surface area contributed by atoms with Gasteiger partial charge in [-0.05, 0) is 47.7 Å². The number of nitrogens with zero attached hydrogens (tertiary/aromatic N) is 2. The summed E-state index contributed by atoms with van der Waals surface area (Å²) in [5, 5.41) is 6.57. The van der Waals surface area contributed by atoms with E-state index < -0.39 is 36.6 Å². The molecule has 0 spiro atoms. The van der Waals surface area contributed by atoms with Crippen LogP contribution in [0.4, 0.5) is 4.39 Å². The molecule has 168 valence electrons. The monoisotopic (exact) mass is 441 g/mol. The summed E-state index contributed by atoms with van der Waals surface area (Å²) in [5.41, 5.74) is 2.73. The molecule has 0 fully saturated rings. The lowest BCUT2D eigenvalue weighted by Gasteiger charge is -2.08. The number of nitrogens with one attached hydrogen (secondary N) is 1. The molecule has 9 heteroatoms. The Hall–Kier alpha value is -3.75. The number of carbonyl (C=O) groups is 2. The summed E-state index contributed by atoms with van der Waals surface area (Å²) in [6.45, 7) is 3.67. The highest BCUT2D eigenvalue weighted by Crippen LogP contribution is 2.16. The van der Waals surface area contributed by atoms with Gasteiger partial charge in [0.25, 0.3) is 5.91 Å². The van der Waals surface area contributed by atoms with Gasteiger partial charge in [0.1, 0.15) is 12.4 Å². The van der Waals surface area contributed by atoms with E-state index in [2.05, 4.69) is 36.4 Å². The number of aromatic nitrogens is 2. The van der Waals surface area contributed by atoms with E-state index >= 15 is 0 Å². The largest absolute Gasteiger partial charge is 0.454 e. The van der Waals surface area contributed by atoms with Crippen LogP contribution < -0.4 is 11.1 Å². The third kappa shape index (κ3) is 6.37. The summed E-state index contributed by atoms with van der Waals surface area (Å²) in [7, 11) is 0. The van der Waals surface area contributed by atoms with E-state index in [1.807, 2.05) is 12.1 Å². The molecule has 0 aliphatic rings. The maximum absolute atomic E-state index is 13.0. The number of benzene rings is 2. The predicted molar refractivity (Wildman–Crippen MR) is 114 cm³/mol. The van der Waals surface area contributed by atoms with Gasteiger partial charge in [0, 0.05) is 12.1 Å². The van der Waals surface area contributed by atoms with Gasteiger partial charge in [-0.15, -0.1) is 5.10 Å². The van der Waals surface area contributed by atoms with Crippen LogP contribution in [0.1, 0.15) is 30.9 Å². The average molecular weight is 441 g/mol. The fraction of sp³-hybridized carbons (Fsp3) is 0.304. The van der Waals surface area contributed by atoms with E-state index in [0.717, 1.165) is 10.2 Å². The highest BCUT2D eigenvalue weighted by atomic mass is 19.1. The Balaban J connectivity index is 1.42. The lowest BCUT2D eigenvalue weighted by Crippen LogP contribution is -2.32. The van der Waals surface area contributed by atoms with Crippen molar-refractivity contribution in [3.63, 3.8) is 0 Å². The molecule has 0 bridgehead atoms. The number of halogens is 1. The first-order valence-corrected chi connectivity index (χ1v) is 10.2. The highest BCUT2D eigenvalue weighted by Gasteiger charge is 2.15. The Morgan fingerprint density at radius 1 is 1.12 bits per heavy atom. The zero-order valence-corrected chi connectivity index (χ0v) is 17.8. The number of hydrogen-bond acceptors (Lipinski definition) is 6. The van der Waals surface area contributed by atoms with Crippen molar-refractivity contribution in [2.24, 2.45) is 0 Å². The lowest BCUT2D eigenvalue weighted by molar-refractivity contribution is -0.149. The van der Waals surface area contributed by atoms with E-state index in [4.69, 9.17) is 9.15 Å². The summed E-state index contributed by atoms with van der Waals surface area (Å²) >= 11 is 0. The van der Waals surface area contributed by atoms with E-state index in [9.17, 15) is 18.8 Å². The Bertz CT molecular complexity index is 1120. The van der Waals surface area contributed by atoms with E-state index in [1.54, 1.807) is 0 Å². The van der Waals surface area contributed by atoms with Gasteiger partial charge < -0.3 is 14.5 Å². The van der Waals surface area contributed by atoms with Crippen LogP contribution >= 0.6 is 0 Å². The second-order valence-electron chi connectivity index (χ2n) is 7.49. The van der Waals surface area contributed by atoms with Crippen LogP contribution in [0.25, 0.3) is 11.5 Å². The molecule has 1 heterocycles. The van der Waals surface area contributed by atoms with E-state index in [-0.39, 0.29) is 5.89 Å². The van der Waals surface area contributed by atoms with Crippen molar-refractivity contribution in [3.8, 4) is 11.5 Å². The average Bonchev–Trinajstić information content (AvgIpc) is 3.13. The minimum atomic E-state index is -0.866. The molecule has 0 saturated carbocycles.